The first-order chi connectivity index (χ1) is 17.8. The second-order valence-electron chi connectivity index (χ2n) is 9.08. The van der Waals surface area contributed by atoms with Gasteiger partial charge in [0.1, 0.15) is 5.82 Å². The molecule has 6 rings (SSSR count). The number of Topliss-reactive ketones (excluding diaryl/α,β-unsaturated/α-hetero) is 1. The molecule has 2 aromatic carbocycles. The molecule has 1 saturated heterocycles. The van der Waals surface area contributed by atoms with E-state index in [0.717, 1.165) is 16.8 Å². The van der Waals surface area contributed by atoms with Crippen LogP contribution >= 0.6 is 22.9 Å². The Hall–Kier alpha value is -3.18. The van der Waals surface area contributed by atoms with Gasteiger partial charge < -0.3 is 0 Å². The lowest BCUT2D eigenvalue weighted by Crippen LogP contribution is -2.53. The molecule has 11 heteroatoms. The van der Waals surface area contributed by atoms with Crippen LogP contribution in [-0.4, -0.2) is 46.4 Å². The molecule has 0 spiro atoms. The Morgan fingerprint density at radius 3 is 2.70 bits per heavy atom. The Kier molecular flexibility index (Phi) is 5.87. The van der Waals surface area contributed by atoms with Crippen LogP contribution in [0.3, 0.4) is 0 Å². The van der Waals surface area contributed by atoms with E-state index < -0.39 is 15.4 Å². The predicted molar refractivity (Wildman–Crippen MR) is 139 cm³/mol. The summed E-state index contributed by atoms with van der Waals surface area (Å²) >= 11 is 7.32. The third-order valence-electron chi connectivity index (χ3n) is 6.95. The van der Waals surface area contributed by atoms with Gasteiger partial charge in [0.05, 0.1) is 27.9 Å². The number of thiazole rings is 1. The molecule has 2 aromatic heterocycles. The van der Waals surface area contributed by atoms with Crippen molar-refractivity contribution >= 4 is 44.8 Å². The highest BCUT2D eigenvalue weighted by molar-refractivity contribution is 7.89. The van der Waals surface area contributed by atoms with Gasteiger partial charge in [0, 0.05) is 29.7 Å². The molecule has 2 aliphatic rings. The number of carbonyl (C=O) groups is 1. The van der Waals surface area contributed by atoms with E-state index in [1.165, 1.54) is 39.9 Å². The van der Waals surface area contributed by atoms with Crippen molar-refractivity contribution in [3.63, 3.8) is 0 Å². The molecule has 1 fully saturated rings. The number of piperidine rings is 1. The summed E-state index contributed by atoms with van der Waals surface area (Å²) in [5.74, 6) is -0.551. The van der Waals surface area contributed by atoms with Gasteiger partial charge in [-0.25, -0.2) is 22.5 Å². The summed E-state index contributed by atoms with van der Waals surface area (Å²) in [5, 5.41) is 6.90. The fourth-order valence-corrected chi connectivity index (χ4v) is 7.60. The van der Waals surface area contributed by atoms with Gasteiger partial charge in [0.25, 0.3) is 0 Å². The summed E-state index contributed by atoms with van der Waals surface area (Å²) in [6, 6.07) is 12.2. The predicted octanol–water partition coefficient (Wildman–Crippen LogP) is 5.02. The van der Waals surface area contributed by atoms with Crippen LogP contribution in [0.25, 0.3) is 11.8 Å². The van der Waals surface area contributed by atoms with Crippen molar-refractivity contribution in [2.24, 2.45) is 5.41 Å². The number of aromatic nitrogens is 3. The van der Waals surface area contributed by atoms with Crippen LogP contribution < -0.4 is 0 Å². The lowest BCUT2D eigenvalue weighted by Gasteiger charge is -2.44. The third kappa shape index (κ3) is 4.04. The topological polar surface area (TPSA) is 85.2 Å². The molecule has 0 amide bonds. The summed E-state index contributed by atoms with van der Waals surface area (Å²) in [7, 11) is -3.90. The van der Waals surface area contributed by atoms with E-state index in [4.69, 9.17) is 11.6 Å². The number of hydrogen-bond donors (Lipinski definition) is 0. The molecule has 1 atom stereocenters. The van der Waals surface area contributed by atoms with Crippen LogP contribution in [0.15, 0.2) is 76.8 Å². The van der Waals surface area contributed by atoms with Gasteiger partial charge in [-0.15, -0.1) is 11.3 Å². The molecule has 7 nitrogen and oxygen atoms in total. The van der Waals surface area contributed by atoms with Gasteiger partial charge in [-0.05, 0) is 66.9 Å². The number of halogens is 2. The fraction of sp³-hybridized carbons (Fsp3) is 0.192. The Balaban J connectivity index is 1.44. The summed E-state index contributed by atoms with van der Waals surface area (Å²) in [6.45, 7) is 0.195. The number of sulfonamides is 1. The average Bonchev–Trinajstić information content (AvgIpc) is 3.57. The highest BCUT2D eigenvalue weighted by atomic mass is 35.5. The van der Waals surface area contributed by atoms with Crippen LogP contribution in [0.1, 0.15) is 27.5 Å². The molecular weight excluding hydrogens is 535 g/mol. The van der Waals surface area contributed by atoms with Crippen molar-refractivity contribution in [1.29, 1.82) is 0 Å². The summed E-state index contributed by atoms with van der Waals surface area (Å²) in [5.41, 5.74) is 2.02. The first kappa shape index (κ1) is 24.2. The molecule has 0 radical (unpaired) electrons. The SMILES string of the molecule is O=C(c1nccs1)C12Cc3cnn(-c4ccc(F)cc4)c3C=C1CCN(S(=O)(=O)c1cccc(Cl)c1)C2. The molecule has 4 aromatic rings. The maximum Gasteiger partial charge on any atom is 0.243 e. The van der Waals surface area contributed by atoms with E-state index in [-0.39, 0.29) is 36.0 Å². The normalized spacial score (nSPS) is 19.7. The number of rotatable bonds is 5. The van der Waals surface area contributed by atoms with Gasteiger partial charge in [-0.1, -0.05) is 23.2 Å². The molecule has 37 heavy (non-hydrogen) atoms. The van der Waals surface area contributed by atoms with E-state index in [2.05, 4.69) is 10.1 Å². The van der Waals surface area contributed by atoms with Crippen molar-refractivity contribution in [1.82, 2.24) is 19.1 Å². The first-order valence-electron chi connectivity index (χ1n) is 11.5. The zero-order chi connectivity index (χ0) is 25.8. The van der Waals surface area contributed by atoms with E-state index >= 15 is 0 Å². The zero-order valence-electron chi connectivity index (χ0n) is 19.3. The largest absolute Gasteiger partial charge is 0.290 e. The second kappa shape index (κ2) is 8.98. The van der Waals surface area contributed by atoms with Crippen LogP contribution in [0.5, 0.6) is 0 Å². The number of carbonyl (C=O) groups excluding carboxylic acids is 1. The summed E-state index contributed by atoms with van der Waals surface area (Å²) in [4.78, 5) is 18.3. The second-order valence-corrected chi connectivity index (χ2v) is 12.4. The maximum absolute atomic E-state index is 14.0. The van der Waals surface area contributed by atoms with Gasteiger partial charge >= 0.3 is 0 Å². The highest BCUT2D eigenvalue weighted by Crippen LogP contribution is 2.47. The minimum Gasteiger partial charge on any atom is -0.290 e. The molecule has 1 unspecified atom stereocenters. The molecule has 0 saturated carbocycles. The number of hydrogen-bond acceptors (Lipinski definition) is 6. The highest BCUT2D eigenvalue weighted by Gasteiger charge is 2.51. The standard InChI is InChI=1S/C26H20ClFN4O3S2/c27-19-2-1-3-22(13-19)37(34,35)31-10-8-18-12-23-17(15-30-32(23)21-6-4-20(28)5-7-21)14-26(18,16-31)24(33)25-29-9-11-36-25/h1-7,9,11-13,15H,8,10,14,16H2. The summed E-state index contributed by atoms with van der Waals surface area (Å²) in [6.07, 6.45) is 5.83. The number of benzene rings is 2. The molecule has 3 heterocycles. The molecule has 0 bridgehead atoms. The van der Waals surface area contributed by atoms with Crippen LogP contribution in [0.2, 0.25) is 5.02 Å². The maximum atomic E-state index is 14.0. The summed E-state index contributed by atoms with van der Waals surface area (Å²) < 4.78 is 43.8. The quantitative estimate of drug-likeness (QED) is 0.323. The molecule has 1 aliphatic heterocycles. The zero-order valence-corrected chi connectivity index (χ0v) is 21.7. The Morgan fingerprint density at radius 2 is 1.97 bits per heavy atom. The molecule has 188 valence electrons. The lowest BCUT2D eigenvalue weighted by molar-refractivity contribution is 0.0775. The minimum absolute atomic E-state index is 0.0206. The van der Waals surface area contributed by atoms with E-state index in [9.17, 15) is 17.6 Å². The van der Waals surface area contributed by atoms with Crippen LogP contribution in [-0.2, 0) is 16.4 Å². The lowest BCUT2D eigenvalue weighted by atomic mass is 9.66. The smallest absolute Gasteiger partial charge is 0.243 e. The Morgan fingerprint density at radius 1 is 1.16 bits per heavy atom. The molecular formula is C26H20ClFN4O3S2. The Labute approximate surface area is 221 Å². The van der Waals surface area contributed by atoms with Gasteiger partial charge in [0.2, 0.25) is 15.8 Å². The number of nitrogens with zero attached hydrogens (tertiary/aromatic N) is 4. The first-order valence-corrected chi connectivity index (χ1v) is 14.2. The minimum atomic E-state index is -3.90. The number of fused-ring (bicyclic) bond motifs is 2. The molecule has 0 N–H and O–H groups in total. The van der Waals surface area contributed by atoms with Crippen molar-refractivity contribution in [3.8, 4) is 5.69 Å². The van der Waals surface area contributed by atoms with Crippen molar-refractivity contribution < 1.29 is 17.6 Å². The van der Waals surface area contributed by atoms with E-state index in [0.29, 0.717) is 22.1 Å². The van der Waals surface area contributed by atoms with Crippen molar-refractivity contribution in [2.75, 3.05) is 13.1 Å². The Bertz CT molecular complexity index is 1650. The van der Waals surface area contributed by atoms with Crippen molar-refractivity contribution in [3.05, 3.63) is 99.0 Å². The van der Waals surface area contributed by atoms with E-state index in [1.807, 2.05) is 6.08 Å². The average molecular weight is 555 g/mol. The third-order valence-corrected chi connectivity index (χ3v) is 9.80. The monoisotopic (exact) mass is 554 g/mol. The van der Waals surface area contributed by atoms with Crippen molar-refractivity contribution in [2.45, 2.75) is 17.7 Å². The van der Waals surface area contributed by atoms with Gasteiger partial charge in [0.15, 0.2) is 5.01 Å². The van der Waals surface area contributed by atoms with Gasteiger partial charge in [-0.3, -0.25) is 4.79 Å². The van der Waals surface area contributed by atoms with Crippen LogP contribution in [0, 0.1) is 11.2 Å². The number of ketones is 1. The molecule has 1 aliphatic carbocycles. The van der Waals surface area contributed by atoms with E-state index in [1.54, 1.807) is 46.7 Å². The van der Waals surface area contributed by atoms with Crippen LogP contribution in [0.4, 0.5) is 4.39 Å². The van der Waals surface area contributed by atoms with Gasteiger partial charge in [-0.2, -0.15) is 9.40 Å². The fourth-order valence-electron chi connectivity index (χ4n) is 5.13.